The molecule has 2 aromatic carbocycles. The van der Waals surface area contributed by atoms with Crippen LogP contribution < -0.4 is 9.47 Å². The molecule has 0 aliphatic heterocycles. The summed E-state index contributed by atoms with van der Waals surface area (Å²) in [6.07, 6.45) is 0.346. The quantitative estimate of drug-likeness (QED) is 0.540. The second-order valence-electron chi connectivity index (χ2n) is 8.45. The lowest BCUT2D eigenvalue weighted by Crippen LogP contribution is -2.34. The number of benzene rings is 2. The van der Waals surface area contributed by atoms with Gasteiger partial charge in [0.25, 0.3) is 0 Å². The molecule has 0 aliphatic rings. The van der Waals surface area contributed by atoms with Gasteiger partial charge in [-0.1, -0.05) is 37.8 Å². The number of phenols is 1. The molecule has 1 amide bonds. The number of hydrogen-bond donors (Lipinski definition) is 1. The molecule has 0 heterocycles. The molecule has 6 nitrogen and oxygen atoms in total. The number of carbonyl (C=O) groups excluding carboxylic acids is 1. The molecule has 0 spiro atoms. The number of hydrogen-bond acceptors (Lipinski definition) is 5. The molecule has 0 radical (unpaired) electrons. The highest BCUT2D eigenvalue weighted by Gasteiger charge is 2.19. The Hall–Kier alpha value is -2.67. The van der Waals surface area contributed by atoms with Crippen LogP contribution >= 0.6 is 0 Å². The smallest absolute Gasteiger partial charge is 0.410 e. The van der Waals surface area contributed by atoms with Gasteiger partial charge in [0.05, 0.1) is 20.8 Å². The Balaban J connectivity index is 2.10. The van der Waals surface area contributed by atoms with E-state index in [-0.39, 0.29) is 11.8 Å². The lowest BCUT2D eigenvalue weighted by molar-refractivity contribution is 0.104. The van der Waals surface area contributed by atoms with Crippen LogP contribution in [0.5, 0.6) is 17.2 Å². The van der Waals surface area contributed by atoms with Gasteiger partial charge < -0.3 is 24.2 Å². The molecule has 2 aromatic rings. The molecule has 0 saturated heterocycles. The summed E-state index contributed by atoms with van der Waals surface area (Å²) in [5, 5.41) is 9.47. The molecular weight excluding hydrogens is 398 g/mol. The van der Waals surface area contributed by atoms with Gasteiger partial charge in [0.2, 0.25) is 0 Å². The summed E-state index contributed by atoms with van der Waals surface area (Å²) in [7, 11) is 1.90. The van der Waals surface area contributed by atoms with E-state index in [4.69, 9.17) is 14.2 Å². The average Bonchev–Trinajstić information content (AvgIpc) is 2.71. The Bertz CT molecular complexity index is 817. The first-order valence-electron chi connectivity index (χ1n) is 10.1. The van der Waals surface area contributed by atoms with Crippen molar-refractivity contribution in [2.45, 2.75) is 38.7 Å². The molecular formula is C23H33NO5Si. The summed E-state index contributed by atoms with van der Waals surface area (Å²) in [6.45, 7) is 8.12. The lowest BCUT2D eigenvalue weighted by Gasteiger charge is -2.24. The molecule has 164 valence electrons. The minimum absolute atomic E-state index is 0.228. The number of aromatic hydroxyl groups is 1. The second kappa shape index (κ2) is 10.9. The maximum absolute atomic E-state index is 12.8. The summed E-state index contributed by atoms with van der Waals surface area (Å²) >= 11 is 0. The van der Waals surface area contributed by atoms with Crippen molar-refractivity contribution in [3.05, 3.63) is 53.6 Å². The molecule has 0 aromatic heterocycles. The summed E-state index contributed by atoms with van der Waals surface area (Å²) < 4.78 is 16.3. The van der Waals surface area contributed by atoms with E-state index in [0.717, 1.165) is 17.2 Å². The van der Waals surface area contributed by atoms with Crippen LogP contribution in [0, 0.1) is 0 Å². The van der Waals surface area contributed by atoms with Crippen LogP contribution in [0.4, 0.5) is 4.79 Å². The van der Waals surface area contributed by atoms with Crippen LogP contribution in [0.25, 0.3) is 0 Å². The zero-order valence-electron chi connectivity index (χ0n) is 18.6. The summed E-state index contributed by atoms with van der Waals surface area (Å²) in [5.41, 5.74) is 1.97. The van der Waals surface area contributed by atoms with E-state index in [1.54, 1.807) is 31.3 Å². The van der Waals surface area contributed by atoms with Gasteiger partial charge in [-0.2, -0.15) is 0 Å². The Morgan fingerprint density at radius 3 is 2.20 bits per heavy atom. The monoisotopic (exact) mass is 431 g/mol. The number of phenolic OH excluding ortho intramolecular Hbond substituents is 1. The molecule has 0 saturated carbocycles. The fourth-order valence-electron chi connectivity index (χ4n) is 2.90. The van der Waals surface area contributed by atoms with Gasteiger partial charge in [-0.05, 0) is 47.9 Å². The largest absolute Gasteiger partial charge is 0.508 e. The SMILES string of the molecule is COc1ccc(CN(CCc2ccc(O)cc2)C(=O)OCC[Si](C)(C)C)cc1OC. The lowest BCUT2D eigenvalue weighted by atomic mass is 10.1. The van der Waals surface area contributed by atoms with E-state index in [1.807, 2.05) is 30.3 Å². The van der Waals surface area contributed by atoms with Gasteiger partial charge in [-0.15, -0.1) is 0 Å². The standard InChI is InChI=1S/C23H33NO5Si/c1-27-21-11-8-19(16-22(21)28-2)17-24(23(26)29-14-15-30(3,4)5)13-12-18-6-9-20(25)10-7-18/h6-11,16,25H,12-15,17H2,1-5H3. The average molecular weight is 432 g/mol. The molecule has 0 unspecified atom stereocenters. The van der Waals surface area contributed by atoms with Crippen molar-refractivity contribution >= 4 is 14.2 Å². The maximum atomic E-state index is 12.8. The first-order valence-corrected chi connectivity index (χ1v) is 13.8. The summed E-state index contributed by atoms with van der Waals surface area (Å²) in [4.78, 5) is 14.5. The molecule has 0 fully saturated rings. The number of nitrogens with zero attached hydrogens (tertiary/aromatic N) is 1. The predicted molar refractivity (Wildman–Crippen MR) is 121 cm³/mol. The van der Waals surface area contributed by atoms with E-state index in [2.05, 4.69) is 19.6 Å². The maximum Gasteiger partial charge on any atom is 0.410 e. The Morgan fingerprint density at radius 2 is 1.60 bits per heavy atom. The Labute approximate surface area is 180 Å². The van der Waals surface area contributed by atoms with E-state index < -0.39 is 8.07 Å². The molecule has 0 bridgehead atoms. The highest BCUT2D eigenvalue weighted by atomic mass is 28.3. The number of carbonyl (C=O) groups is 1. The summed E-state index contributed by atoms with van der Waals surface area (Å²) in [6, 6.07) is 13.6. The zero-order valence-corrected chi connectivity index (χ0v) is 19.6. The van der Waals surface area contributed by atoms with Crippen molar-refractivity contribution in [3.63, 3.8) is 0 Å². The normalized spacial score (nSPS) is 11.1. The van der Waals surface area contributed by atoms with Crippen LogP contribution in [0.2, 0.25) is 25.7 Å². The highest BCUT2D eigenvalue weighted by molar-refractivity contribution is 6.76. The van der Waals surface area contributed by atoms with E-state index >= 15 is 0 Å². The molecule has 0 aliphatic carbocycles. The van der Waals surface area contributed by atoms with Crippen LogP contribution in [-0.2, 0) is 17.7 Å². The number of rotatable bonds is 10. The van der Waals surface area contributed by atoms with Crippen molar-refractivity contribution in [3.8, 4) is 17.2 Å². The van der Waals surface area contributed by atoms with Gasteiger partial charge in [0, 0.05) is 21.2 Å². The van der Waals surface area contributed by atoms with Crippen LogP contribution in [0.1, 0.15) is 11.1 Å². The van der Waals surface area contributed by atoms with Gasteiger partial charge in [0.1, 0.15) is 5.75 Å². The first-order chi connectivity index (χ1) is 14.2. The topological polar surface area (TPSA) is 68.2 Å². The molecule has 0 atom stereocenters. The Morgan fingerprint density at radius 1 is 0.967 bits per heavy atom. The van der Waals surface area contributed by atoms with Crippen molar-refractivity contribution in [1.29, 1.82) is 0 Å². The van der Waals surface area contributed by atoms with Gasteiger partial charge in [-0.3, -0.25) is 0 Å². The second-order valence-corrected chi connectivity index (χ2v) is 14.1. The summed E-state index contributed by atoms with van der Waals surface area (Å²) in [5.74, 6) is 1.50. The van der Waals surface area contributed by atoms with Crippen LogP contribution in [-0.4, -0.2) is 51.5 Å². The minimum Gasteiger partial charge on any atom is -0.508 e. The third-order valence-electron chi connectivity index (χ3n) is 4.76. The fourth-order valence-corrected chi connectivity index (χ4v) is 3.61. The van der Waals surface area contributed by atoms with Gasteiger partial charge in [0.15, 0.2) is 11.5 Å². The molecule has 30 heavy (non-hydrogen) atoms. The Kier molecular flexibility index (Phi) is 8.59. The van der Waals surface area contributed by atoms with E-state index in [9.17, 15) is 9.90 Å². The third-order valence-corrected chi connectivity index (χ3v) is 6.47. The predicted octanol–water partition coefficient (Wildman–Crippen LogP) is 4.93. The highest BCUT2D eigenvalue weighted by Crippen LogP contribution is 2.28. The first kappa shape index (κ1) is 23.6. The van der Waals surface area contributed by atoms with Crippen LogP contribution in [0.15, 0.2) is 42.5 Å². The molecule has 7 heteroatoms. The van der Waals surface area contributed by atoms with Gasteiger partial charge >= 0.3 is 6.09 Å². The third kappa shape index (κ3) is 7.63. The van der Waals surface area contributed by atoms with Gasteiger partial charge in [-0.25, -0.2) is 4.79 Å². The molecule has 1 N–H and O–H groups in total. The molecule has 2 rings (SSSR count). The number of amides is 1. The van der Waals surface area contributed by atoms with Crippen molar-refractivity contribution in [1.82, 2.24) is 4.90 Å². The van der Waals surface area contributed by atoms with Crippen molar-refractivity contribution in [2.24, 2.45) is 0 Å². The van der Waals surface area contributed by atoms with Crippen LogP contribution in [0.3, 0.4) is 0 Å². The zero-order chi connectivity index (χ0) is 22.1. The van der Waals surface area contributed by atoms with E-state index in [1.165, 1.54) is 0 Å². The van der Waals surface area contributed by atoms with Crippen molar-refractivity contribution < 1.29 is 24.1 Å². The number of methoxy groups -OCH3 is 2. The fraction of sp³-hybridized carbons (Fsp3) is 0.435. The van der Waals surface area contributed by atoms with E-state index in [0.29, 0.717) is 37.6 Å². The number of ether oxygens (including phenoxy) is 3. The minimum atomic E-state index is -1.28. The van der Waals surface area contributed by atoms with Crippen molar-refractivity contribution in [2.75, 3.05) is 27.4 Å².